The summed E-state index contributed by atoms with van der Waals surface area (Å²) in [4.78, 5) is 18.1. The fraction of sp³-hybridized carbons (Fsp3) is 0.400. The SMILES string of the molecule is Cc1ccc(-c2n[nH]c(CNC(=O)N3CCCC3)n2)cc1. The summed E-state index contributed by atoms with van der Waals surface area (Å²) in [5.41, 5.74) is 2.17. The van der Waals surface area contributed by atoms with Crippen LogP contribution in [0.25, 0.3) is 11.4 Å². The Hall–Kier alpha value is -2.37. The fourth-order valence-electron chi connectivity index (χ4n) is 2.40. The highest BCUT2D eigenvalue weighted by Gasteiger charge is 2.17. The maximum atomic E-state index is 11.9. The molecule has 110 valence electrons. The van der Waals surface area contributed by atoms with Crippen LogP contribution in [0.15, 0.2) is 24.3 Å². The molecule has 0 radical (unpaired) electrons. The number of benzene rings is 1. The van der Waals surface area contributed by atoms with E-state index in [0.29, 0.717) is 18.2 Å². The molecular weight excluding hydrogens is 266 g/mol. The zero-order chi connectivity index (χ0) is 14.7. The predicted octanol–water partition coefficient (Wildman–Crippen LogP) is 2.09. The Morgan fingerprint density at radius 2 is 2.00 bits per heavy atom. The number of H-pyrrole nitrogens is 1. The molecule has 2 aromatic rings. The lowest BCUT2D eigenvalue weighted by Gasteiger charge is -2.15. The summed E-state index contributed by atoms with van der Waals surface area (Å²) in [7, 11) is 0. The van der Waals surface area contributed by atoms with E-state index < -0.39 is 0 Å². The summed E-state index contributed by atoms with van der Waals surface area (Å²) in [6.45, 7) is 4.10. The average Bonchev–Trinajstić information content (AvgIpc) is 3.17. The van der Waals surface area contributed by atoms with Gasteiger partial charge in [-0.05, 0) is 19.8 Å². The molecule has 2 amide bonds. The number of hydrogen-bond donors (Lipinski definition) is 2. The smallest absolute Gasteiger partial charge is 0.317 e. The second-order valence-electron chi connectivity index (χ2n) is 5.32. The van der Waals surface area contributed by atoms with E-state index in [0.717, 1.165) is 31.5 Å². The van der Waals surface area contributed by atoms with Crippen molar-refractivity contribution in [1.82, 2.24) is 25.4 Å². The van der Waals surface area contributed by atoms with Crippen LogP contribution in [0.4, 0.5) is 4.79 Å². The first-order valence-electron chi connectivity index (χ1n) is 7.23. The van der Waals surface area contributed by atoms with E-state index >= 15 is 0 Å². The second-order valence-corrected chi connectivity index (χ2v) is 5.32. The number of aryl methyl sites for hydroxylation is 1. The number of aromatic amines is 1. The summed E-state index contributed by atoms with van der Waals surface area (Å²) in [6.07, 6.45) is 2.18. The number of carbonyl (C=O) groups excluding carboxylic acids is 1. The van der Waals surface area contributed by atoms with E-state index in [-0.39, 0.29) is 6.03 Å². The molecule has 1 fully saturated rings. The molecule has 0 spiro atoms. The van der Waals surface area contributed by atoms with E-state index in [1.165, 1.54) is 5.56 Å². The van der Waals surface area contributed by atoms with Crippen LogP contribution in [0.2, 0.25) is 0 Å². The highest BCUT2D eigenvalue weighted by Crippen LogP contribution is 2.15. The predicted molar refractivity (Wildman–Crippen MR) is 79.6 cm³/mol. The van der Waals surface area contributed by atoms with Gasteiger partial charge in [-0.15, -0.1) is 0 Å². The normalized spacial score (nSPS) is 14.4. The number of rotatable bonds is 3. The Kier molecular flexibility index (Phi) is 3.85. The molecule has 1 aromatic heterocycles. The Bertz CT molecular complexity index is 613. The molecule has 0 saturated carbocycles. The number of carbonyl (C=O) groups is 1. The number of nitrogens with one attached hydrogen (secondary N) is 2. The first-order valence-corrected chi connectivity index (χ1v) is 7.23. The molecule has 6 heteroatoms. The van der Waals surface area contributed by atoms with Gasteiger partial charge < -0.3 is 10.2 Å². The lowest BCUT2D eigenvalue weighted by Crippen LogP contribution is -2.37. The monoisotopic (exact) mass is 285 g/mol. The van der Waals surface area contributed by atoms with Gasteiger partial charge in [-0.3, -0.25) is 5.10 Å². The third-order valence-electron chi connectivity index (χ3n) is 3.64. The summed E-state index contributed by atoms with van der Waals surface area (Å²) >= 11 is 0. The van der Waals surface area contributed by atoms with Crippen molar-refractivity contribution in [3.05, 3.63) is 35.7 Å². The van der Waals surface area contributed by atoms with Crippen molar-refractivity contribution in [2.45, 2.75) is 26.3 Å². The van der Waals surface area contributed by atoms with Crippen LogP contribution in [0, 0.1) is 6.92 Å². The second kappa shape index (κ2) is 5.95. The van der Waals surface area contributed by atoms with Crippen LogP contribution in [-0.4, -0.2) is 39.2 Å². The van der Waals surface area contributed by atoms with Gasteiger partial charge in [0.1, 0.15) is 5.82 Å². The van der Waals surface area contributed by atoms with E-state index in [4.69, 9.17) is 0 Å². The maximum Gasteiger partial charge on any atom is 0.317 e. The van der Waals surface area contributed by atoms with E-state index in [2.05, 4.69) is 20.5 Å². The Morgan fingerprint density at radius 1 is 1.29 bits per heavy atom. The Morgan fingerprint density at radius 3 is 2.71 bits per heavy atom. The molecule has 1 saturated heterocycles. The van der Waals surface area contributed by atoms with Crippen LogP contribution in [0.1, 0.15) is 24.2 Å². The molecular formula is C15H19N5O. The summed E-state index contributed by atoms with van der Waals surface area (Å²) < 4.78 is 0. The molecule has 6 nitrogen and oxygen atoms in total. The highest BCUT2D eigenvalue weighted by molar-refractivity contribution is 5.74. The van der Waals surface area contributed by atoms with Gasteiger partial charge >= 0.3 is 6.03 Å². The minimum Gasteiger partial charge on any atom is -0.331 e. The number of likely N-dealkylation sites (tertiary alicyclic amines) is 1. The van der Waals surface area contributed by atoms with E-state index in [1.807, 2.05) is 36.1 Å². The first kappa shape index (κ1) is 13.6. The maximum absolute atomic E-state index is 11.9. The number of amides is 2. The van der Waals surface area contributed by atoms with E-state index in [1.54, 1.807) is 0 Å². The lowest BCUT2D eigenvalue weighted by molar-refractivity contribution is 0.208. The standard InChI is InChI=1S/C15H19N5O/c1-11-4-6-12(7-5-11)14-17-13(18-19-14)10-16-15(21)20-8-2-3-9-20/h4-7H,2-3,8-10H2,1H3,(H,16,21)(H,17,18,19). The number of urea groups is 1. The first-order chi connectivity index (χ1) is 10.2. The topological polar surface area (TPSA) is 73.9 Å². The van der Waals surface area contributed by atoms with Crippen molar-refractivity contribution < 1.29 is 4.79 Å². The van der Waals surface area contributed by atoms with Crippen molar-refractivity contribution >= 4 is 6.03 Å². The van der Waals surface area contributed by atoms with Crippen LogP contribution in [0.5, 0.6) is 0 Å². The lowest BCUT2D eigenvalue weighted by atomic mass is 10.1. The van der Waals surface area contributed by atoms with Gasteiger partial charge in [0.15, 0.2) is 5.82 Å². The molecule has 1 aliphatic rings. The molecule has 21 heavy (non-hydrogen) atoms. The molecule has 2 N–H and O–H groups in total. The minimum atomic E-state index is -0.0271. The van der Waals surface area contributed by atoms with Gasteiger partial charge in [-0.25, -0.2) is 9.78 Å². The highest BCUT2D eigenvalue weighted by atomic mass is 16.2. The molecule has 1 aromatic carbocycles. The summed E-state index contributed by atoms with van der Waals surface area (Å²) in [6, 6.07) is 8.01. The van der Waals surface area contributed by atoms with Gasteiger partial charge in [-0.2, -0.15) is 5.10 Å². The fourth-order valence-corrected chi connectivity index (χ4v) is 2.40. The van der Waals surface area contributed by atoms with Crippen LogP contribution in [-0.2, 0) is 6.54 Å². The van der Waals surface area contributed by atoms with Crippen molar-refractivity contribution in [3.63, 3.8) is 0 Å². The van der Waals surface area contributed by atoms with Crippen molar-refractivity contribution in [2.75, 3.05) is 13.1 Å². The Balaban J connectivity index is 1.60. The quantitative estimate of drug-likeness (QED) is 0.906. The van der Waals surface area contributed by atoms with Crippen molar-refractivity contribution in [1.29, 1.82) is 0 Å². The largest absolute Gasteiger partial charge is 0.331 e. The molecule has 1 aliphatic heterocycles. The van der Waals surface area contributed by atoms with E-state index in [9.17, 15) is 4.79 Å². The number of nitrogens with zero attached hydrogens (tertiary/aromatic N) is 3. The zero-order valence-corrected chi connectivity index (χ0v) is 12.1. The molecule has 3 rings (SSSR count). The minimum absolute atomic E-state index is 0.0271. The van der Waals surface area contributed by atoms with Gasteiger partial charge in [0.2, 0.25) is 0 Å². The average molecular weight is 285 g/mol. The van der Waals surface area contributed by atoms with Crippen LogP contribution >= 0.6 is 0 Å². The van der Waals surface area contributed by atoms with Gasteiger partial charge in [0, 0.05) is 18.7 Å². The molecule has 0 aliphatic carbocycles. The third kappa shape index (κ3) is 3.21. The van der Waals surface area contributed by atoms with Crippen molar-refractivity contribution in [2.24, 2.45) is 0 Å². The number of hydrogen-bond acceptors (Lipinski definition) is 3. The van der Waals surface area contributed by atoms with Crippen LogP contribution < -0.4 is 5.32 Å². The van der Waals surface area contributed by atoms with Crippen LogP contribution in [0.3, 0.4) is 0 Å². The molecule has 0 bridgehead atoms. The third-order valence-corrected chi connectivity index (χ3v) is 3.64. The molecule has 0 unspecified atom stereocenters. The molecule has 0 atom stereocenters. The van der Waals surface area contributed by atoms with Gasteiger partial charge in [-0.1, -0.05) is 29.8 Å². The zero-order valence-electron chi connectivity index (χ0n) is 12.1. The van der Waals surface area contributed by atoms with Gasteiger partial charge in [0.25, 0.3) is 0 Å². The molecule has 2 heterocycles. The summed E-state index contributed by atoms with van der Waals surface area (Å²) in [5, 5.41) is 9.93. The summed E-state index contributed by atoms with van der Waals surface area (Å²) in [5.74, 6) is 1.32. The van der Waals surface area contributed by atoms with Gasteiger partial charge in [0.05, 0.1) is 6.54 Å². The van der Waals surface area contributed by atoms with Crippen molar-refractivity contribution in [3.8, 4) is 11.4 Å². The number of aromatic nitrogens is 3. The Labute approximate surface area is 123 Å².